The minimum atomic E-state index is -0.0563. The number of rotatable bonds is 4. The molecule has 1 unspecified atom stereocenters. The zero-order chi connectivity index (χ0) is 12.3. The van der Waals surface area contributed by atoms with E-state index in [1.807, 2.05) is 19.2 Å². The standard InChI is InChI=1S/C12H17N3O2/c1-15-6-4-10(12(15)16)14-8-9-3-5-13-11(7-9)17-2/h3,5,7,10,14H,4,6,8H2,1-2H3. The normalized spacial score (nSPS) is 19.8. The predicted octanol–water partition coefficient (Wildman–Crippen LogP) is 0.410. The summed E-state index contributed by atoms with van der Waals surface area (Å²) in [6.07, 6.45) is 2.58. The van der Waals surface area contributed by atoms with Gasteiger partial charge in [0, 0.05) is 32.4 Å². The van der Waals surface area contributed by atoms with Gasteiger partial charge in [-0.25, -0.2) is 4.98 Å². The molecule has 1 aliphatic heterocycles. The largest absolute Gasteiger partial charge is 0.481 e. The molecule has 5 heteroatoms. The number of amides is 1. The molecule has 1 N–H and O–H groups in total. The van der Waals surface area contributed by atoms with E-state index in [-0.39, 0.29) is 11.9 Å². The summed E-state index contributed by atoms with van der Waals surface area (Å²) < 4.78 is 5.05. The molecule has 0 aromatic carbocycles. The zero-order valence-electron chi connectivity index (χ0n) is 10.1. The first-order chi connectivity index (χ1) is 8.20. The molecule has 1 aromatic rings. The number of carbonyl (C=O) groups is 1. The fourth-order valence-corrected chi connectivity index (χ4v) is 1.92. The van der Waals surface area contributed by atoms with Crippen molar-refractivity contribution in [2.75, 3.05) is 20.7 Å². The Morgan fingerprint density at radius 3 is 3.12 bits per heavy atom. The van der Waals surface area contributed by atoms with E-state index in [1.165, 1.54) is 0 Å². The maximum atomic E-state index is 11.7. The molecular formula is C12H17N3O2. The number of methoxy groups -OCH3 is 1. The Balaban J connectivity index is 1.91. The van der Waals surface area contributed by atoms with E-state index >= 15 is 0 Å². The maximum Gasteiger partial charge on any atom is 0.239 e. The fraction of sp³-hybridized carbons (Fsp3) is 0.500. The van der Waals surface area contributed by atoms with Crippen molar-refractivity contribution < 1.29 is 9.53 Å². The first kappa shape index (κ1) is 11.9. The molecular weight excluding hydrogens is 218 g/mol. The average Bonchev–Trinajstić information content (AvgIpc) is 2.68. The lowest BCUT2D eigenvalue weighted by molar-refractivity contribution is -0.128. The van der Waals surface area contributed by atoms with Crippen molar-refractivity contribution in [3.8, 4) is 5.88 Å². The number of carbonyl (C=O) groups excluding carboxylic acids is 1. The highest BCUT2D eigenvalue weighted by Gasteiger charge is 2.28. The molecule has 2 heterocycles. The Kier molecular flexibility index (Phi) is 3.58. The summed E-state index contributed by atoms with van der Waals surface area (Å²) >= 11 is 0. The Hall–Kier alpha value is -1.62. The number of ether oxygens (including phenoxy) is 1. The minimum Gasteiger partial charge on any atom is -0.481 e. The molecule has 1 aliphatic rings. The van der Waals surface area contributed by atoms with Crippen molar-refractivity contribution in [1.82, 2.24) is 15.2 Å². The molecule has 0 bridgehead atoms. The summed E-state index contributed by atoms with van der Waals surface area (Å²) in [5.74, 6) is 0.769. The van der Waals surface area contributed by atoms with Crippen molar-refractivity contribution in [2.45, 2.75) is 19.0 Å². The van der Waals surface area contributed by atoms with Gasteiger partial charge in [0.2, 0.25) is 11.8 Å². The molecule has 0 radical (unpaired) electrons. The predicted molar refractivity (Wildman–Crippen MR) is 63.7 cm³/mol. The van der Waals surface area contributed by atoms with Gasteiger partial charge in [-0.05, 0) is 18.1 Å². The molecule has 1 fully saturated rings. The molecule has 0 aliphatic carbocycles. The number of hydrogen-bond acceptors (Lipinski definition) is 4. The molecule has 0 spiro atoms. The van der Waals surface area contributed by atoms with Crippen LogP contribution in [0.3, 0.4) is 0 Å². The molecule has 1 amide bonds. The van der Waals surface area contributed by atoms with E-state index in [4.69, 9.17) is 4.74 Å². The molecule has 1 aromatic heterocycles. The summed E-state index contributed by atoms with van der Waals surface area (Å²) in [5.41, 5.74) is 1.07. The maximum absolute atomic E-state index is 11.7. The molecule has 17 heavy (non-hydrogen) atoms. The number of nitrogens with one attached hydrogen (secondary N) is 1. The third-order valence-corrected chi connectivity index (χ3v) is 2.99. The second-order valence-corrected chi connectivity index (χ2v) is 4.19. The molecule has 1 atom stereocenters. The SMILES string of the molecule is COc1cc(CNC2CCN(C)C2=O)ccn1. The zero-order valence-corrected chi connectivity index (χ0v) is 10.1. The van der Waals surface area contributed by atoms with Gasteiger partial charge in [-0.2, -0.15) is 0 Å². The van der Waals surface area contributed by atoms with Crippen LogP contribution in [0.2, 0.25) is 0 Å². The van der Waals surface area contributed by atoms with Gasteiger partial charge in [0.05, 0.1) is 13.2 Å². The van der Waals surface area contributed by atoms with E-state index in [1.54, 1.807) is 18.2 Å². The van der Waals surface area contributed by atoms with Gasteiger partial charge >= 0.3 is 0 Å². The van der Waals surface area contributed by atoms with Gasteiger partial charge in [-0.15, -0.1) is 0 Å². The quantitative estimate of drug-likeness (QED) is 0.821. The Labute approximate surface area is 101 Å². The van der Waals surface area contributed by atoms with Gasteiger partial charge in [-0.3, -0.25) is 4.79 Å². The van der Waals surface area contributed by atoms with Crippen LogP contribution < -0.4 is 10.1 Å². The molecule has 1 saturated heterocycles. The summed E-state index contributed by atoms with van der Waals surface area (Å²) in [7, 11) is 3.43. The van der Waals surface area contributed by atoms with E-state index < -0.39 is 0 Å². The van der Waals surface area contributed by atoms with Gasteiger partial charge in [0.1, 0.15) is 0 Å². The molecule has 92 valence electrons. The lowest BCUT2D eigenvalue weighted by Gasteiger charge is -2.12. The number of nitrogens with zero attached hydrogens (tertiary/aromatic N) is 2. The molecule has 5 nitrogen and oxygen atoms in total. The van der Waals surface area contributed by atoms with Crippen LogP contribution in [-0.2, 0) is 11.3 Å². The van der Waals surface area contributed by atoms with Gasteiger partial charge < -0.3 is 15.0 Å². The summed E-state index contributed by atoms with van der Waals surface area (Å²) in [5, 5.41) is 3.25. The van der Waals surface area contributed by atoms with E-state index in [9.17, 15) is 4.79 Å². The van der Waals surface area contributed by atoms with Crippen LogP contribution in [0, 0.1) is 0 Å². The average molecular weight is 235 g/mol. The van der Waals surface area contributed by atoms with E-state index in [0.717, 1.165) is 18.5 Å². The Morgan fingerprint density at radius 2 is 2.47 bits per heavy atom. The van der Waals surface area contributed by atoms with Crippen molar-refractivity contribution in [2.24, 2.45) is 0 Å². The lowest BCUT2D eigenvalue weighted by Crippen LogP contribution is -2.36. The van der Waals surface area contributed by atoms with Crippen LogP contribution in [0.5, 0.6) is 5.88 Å². The topological polar surface area (TPSA) is 54.5 Å². The summed E-state index contributed by atoms with van der Waals surface area (Å²) in [4.78, 5) is 17.5. The number of likely N-dealkylation sites (tertiary alicyclic amines) is 1. The van der Waals surface area contributed by atoms with Crippen LogP contribution >= 0.6 is 0 Å². The minimum absolute atomic E-state index is 0.0563. The van der Waals surface area contributed by atoms with E-state index in [0.29, 0.717) is 12.4 Å². The third-order valence-electron chi connectivity index (χ3n) is 2.99. The number of pyridine rings is 1. The van der Waals surface area contributed by atoms with Crippen LogP contribution in [-0.4, -0.2) is 42.5 Å². The number of aromatic nitrogens is 1. The Morgan fingerprint density at radius 1 is 1.65 bits per heavy atom. The van der Waals surface area contributed by atoms with Crippen molar-refractivity contribution in [1.29, 1.82) is 0 Å². The van der Waals surface area contributed by atoms with Gasteiger partial charge in [-0.1, -0.05) is 0 Å². The summed E-state index contributed by atoms with van der Waals surface area (Å²) in [6, 6.07) is 3.73. The smallest absolute Gasteiger partial charge is 0.239 e. The van der Waals surface area contributed by atoms with Gasteiger partial charge in [0.25, 0.3) is 0 Å². The molecule has 2 rings (SSSR count). The van der Waals surface area contributed by atoms with Crippen molar-refractivity contribution in [3.05, 3.63) is 23.9 Å². The highest BCUT2D eigenvalue weighted by atomic mass is 16.5. The molecule has 0 saturated carbocycles. The lowest BCUT2D eigenvalue weighted by atomic mass is 10.2. The first-order valence-electron chi connectivity index (χ1n) is 5.68. The fourth-order valence-electron chi connectivity index (χ4n) is 1.92. The number of likely N-dealkylation sites (N-methyl/N-ethyl adjacent to an activating group) is 1. The van der Waals surface area contributed by atoms with Crippen LogP contribution in [0.15, 0.2) is 18.3 Å². The first-order valence-corrected chi connectivity index (χ1v) is 5.68. The van der Waals surface area contributed by atoms with Crippen molar-refractivity contribution >= 4 is 5.91 Å². The summed E-state index contributed by atoms with van der Waals surface area (Å²) in [6.45, 7) is 1.49. The Bertz CT molecular complexity index is 408. The monoisotopic (exact) mass is 235 g/mol. The van der Waals surface area contributed by atoms with Gasteiger partial charge in [0.15, 0.2) is 0 Å². The van der Waals surface area contributed by atoms with Crippen LogP contribution in [0.25, 0.3) is 0 Å². The third kappa shape index (κ3) is 2.74. The highest BCUT2D eigenvalue weighted by Crippen LogP contribution is 2.11. The van der Waals surface area contributed by atoms with Crippen LogP contribution in [0.4, 0.5) is 0 Å². The van der Waals surface area contributed by atoms with Crippen LogP contribution in [0.1, 0.15) is 12.0 Å². The van der Waals surface area contributed by atoms with E-state index in [2.05, 4.69) is 10.3 Å². The second kappa shape index (κ2) is 5.14. The highest BCUT2D eigenvalue weighted by molar-refractivity contribution is 5.83. The second-order valence-electron chi connectivity index (χ2n) is 4.19. The number of hydrogen-bond donors (Lipinski definition) is 1. The van der Waals surface area contributed by atoms with Crippen molar-refractivity contribution in [3.63, 3.8) is 0 Å².